The van der Waals surface area contributed by atoms with Crippen LogP contribution in [0.4, 0.5) is 0 Å². The molecule has 3 rings (SSSR count). The van der Waals surface area contributed by atoms with Gasteiger partial charge in [-0.3, -0.25) is 30.6 Å². The number of hydrogen-bond acceptors (Lipinski definition) is 10. The number of carboxylic acids is 1. The highest BCUT2D eigenvalue weighted by molar-refractivity contribution is 7.46. The predicted molar refractivity (Wildman–Crippen MR) is 124 cm³/mol. The van der Waals surface area contributed by atoms with Gasteiger partial charge in [0.2, 0.25) is 5.79 Å². The number of amides is 1. The van der Waals surface area contributed by atoms with Gasteiger partial charge in [-0.15, -0.1) is 0 Å². The Morgan fingerprint density at radius 1 is 1.06 bits per heavy atom. The van der Waals surface area contributed by atoms with Crippen LogP contribution in [0.2, 0.25) is 0 Å². The number of carboxylic acid groups (broad SMARTS) is 1. The van der Waals surface area contributed by atoms with Gasteiger partial charge in [-0.25, -0.2) is 15.4 Å². The topological polar surface area (TPSA) is 222 Å². The first-order valence-electron chi connectivity index (χ1n) is 10.6. The van der Waals surface area contributed by atoms with E-state index in [-0.39, 0.29) is 12.8 Å². The Kier molecular flexibility index (Phi) is 8.09. The molecule has 9 N–H and O–H groups in total. The molecule has 1 aliphatic heterocycles. The van der Waals surface area contributed by atoms with Crippen molar-refractivity contribution in [3.05, 3.63) is 47.5 Å². The van der Waals surface area contributed by atoms with Crippen LogP contribution in [0, 0.1) is 0 Å². The number of rotatable bonds is 11. The molecule has 2 aromatic rings. The molecule has 2 unspecified atom stereocenters. The summed E-state index contributed by atoms with van der Waals surface area (Å²) in [5.41, 5.74) is 8.10. The Bertz CT molecular complexity index is 1190. The minimum atomic E-state index is -4.87. The number of ether oxygens (including phenoxy) is 2. The lowest BCUT2D eigenvalue weighted by Crippen LogP contribution is -2.56. The van der Waals surface area contributed by atoms with E-state index < -0.39 is 49.1 Å². The van der Waals surface area contributed by atoms with Gasteiger partial charge in [-0.1, -0.05) is 12.1 Å². The largest absolute Gasteiger partial charge is 0.524 e. The SMILES string of the molecule is CC1(C)Oc2ccc(CC(NNC(=O)C(Cc3ccc(OP(=O)(O)O)c(O)c3)NN)C(=O)O)cc2O1. The molecule has 2 aromatic carbocycles. The summed E-state index contributed by atoms with van der Waals surface area (Å²) >= 11 is 0. The standard InChI is InChI=1S/C21H27N4O10P/c1-21(2)33-17-6-4-12(10-18(17)34-21)8-14(20(28)29)24-25-19(27)13(23-22)7-11-3-5-16(15(26)9-11)35-36(30,31)32/h3-6,9-10,13-14,23-24,26H,7-8,22H2,1-2H3,(H,25,27)(H,28,29)(H2,30,31,32). The number of benzene rings is 2. The van der Waals surface area contributed by atoms with E-state index >= 15 is 0 Å². The average Bonchev–Trinajstić information content (AvgIpc) is 3.08. The highest BCUT2D eigenvalue weighted by atomic mass is 31.2. The fourth-order valence-electron chi connectivity index (χ4n) is 3.43. The van der Waals surface area contributed by atoms with Crippen LogP contribution in [0.3, 0.4) is 0 Å². The van der Waals surface area contributed by atoms with Crippen molar-refractivity contribution in [3.8, 4) is 23.0 Å². The summed E-state index contributed by atoms with van der Waals surface area (Å²) in [5.74, 6) is 2.78. The summed E-state index contributed by atoms with van der Waals surface area (Å²) in [4.78, 5) is 42.0. The second kappa shape index (κ2) is 10.7. The Hall–Kier alpha value is -3.39. The van der Waals surface area contributed by atoms with Crippen molar-refractivity contribution < 1.29 is 48.2 Å². The average molecular weight is 526 g/mol. The molecule has 2 atom stereocenters. The number of fused-ring (bicyclic) bond motifs is 1. The number of phenols is 1. The number of carbonyl (C=O) groups excluding carboxylic acids is 1. The fraction of sp³-hybridized carbons (Fsp3) is 0.333. The molecule has 1 heterocycles. The van der Waals surface area contributed by atoms with Crippen molar-refractivity contribution in [2.45, 2.75) is 44.6 Å². The summed E-state index contributed by atoms with van der Waals surface area (Å²) in [7, 11) is -4.87. The van der Waals surface area contributed by atoms with E-state index in [1.807, 2.05) is 0 Å². The Morgan fingerprint density at radius 2 is 1.67 bits per heavy atom. The quantitative estimate of drug-likeness (QED) is 0.110. The zero-order valence-corrected chi connectivity index (χ0v) is 20.2. The Labute approximate surface area is 205 Å². The van der Waals surface area contributed by atoms with Crippen molar-refractivity contribution in [3.63, 3.8) is 0 Å². The molecule has 36 heavy (non-hydrogen) atoms. The van der Waals surface area contributed by atoms with E-state index in [9.17, 15) is 24.4 Å². The molecule has 1 aliphatic rings. The first-order chi connectivity index (χ1) is 16.8. The number of aliphatic carboxylic acids is 1. The number of nitrogens with one attached hydrogen (secondary N) is 3. The van der Waals surface area contributed by atoms with Gasteiger partial charge in [0.15, 0.2) is 23.0 Å². The third kappa shape index (κ3) is 7.31. The van der Waals surface area contributed by atoms with Crippen LogP contribution in [0.25, 0.3) is 0 Å². The molecular weight excluding hydrogens is 499 g/mol. The highest BCUT2D eigenvalue weighted by Gasteiger charge is 2.32. The van der Waals surface area contributed by atoms with Crippen LogP contribution in [-0.4, -0.2) is 49.7 Å². The fourth-order valence-corrected chi connectivity index (χ4v) is 3.84. The van der Waals surface area contributed by atoms with Gasteiger partial charge in [0.05, 0.1) is 0 Å². The summed E-state index contributed by atoms with van der Waals surface area (Å²) in [5, 5.41) is 19.5. The molecule has 14 nitrogen and oxygen atoms in total. The normalized spacial score (nSPS) is 15.7. The maximum absolute atomic E-state index is 12.6. The second-order valence-corrected chi connectivity index (χ2v) is 9.58. The highest BCUT2D eigenvalue weighted by Crippen LogP contribution is 2.42. The molecule has 0 aromatic heterocycles. The second-order valence-electron chi connectivity index (χ2n) is 8.42. The Morgan fingerprint density at radius 3 is 2.28 bits per heavy atom. The van der Waals surface area contributed by atoms with Crippen LogP contribution in [0.15, 0.2) is 36.4 Å². The smallest absolute Gasteiger partial charge is 0.504 e. The summed E-state index contributed by atoms with van der Waals surface area (Å²) in [6.45, 7) is 3.50. The number of nitrogens with two attached hydrogens (primary N) is 1. The van der Waals surface area contributed by atoms with Gasteiger partial charge >= 0.3 is 13.8 Å². The van der Waals surface area contributed by atoms with Gasteiger partial charge in [0.25, 0.3) is 5.91 Å². The molecule has 0 radical (unpaired) electrons. The van der Waals surface area contributed by atoms with Gasteiger partial charge in [-0.05, 0) is 41.8 Å². The first kappa shape index (κ1) is 27.2. The van der Waals surface area contributed by atoms with Crippen LogP contribution in [-0.2, 0) is 27.0 Å². The van der Waals surface area contributed by atoms with E-state index in [1.54, 1.807) is 32.0 Å². The number of aromatic hydroxyl groups is 1. The lowest BCUT2D eigenvalue weighted by atomic mass is 10.0. The van der Waals surface area contributed by atoms with Crippen LogP contribution >= 0.6 is 7.82 Å². The van der Waals surface area contributed by atoms with Crippen LogP contribution in [0.5, 0.6) is 23.0 Å². The van der Waals surface area contributed by atoms with E-state index in [0.29, 0.717) is 22.6 Å². The molecule has 196 valence electrons. The molecule has 0 saturated heterocycles. The molecule has 1 amide bonds. The zero-order chi connectivity index (χ0) is 26.7. The third-order valence-corrected chi connectivity index (χ3v) is 5.46. The van der Waals surface area contributed by atoms with E-state index in [0.717, 1.165) is 12.1 Å². The monoisotopic (exact) mass is 526 g/mol. The third-order valence-electron chi connectivity index (χ3n) is 5.03. The molecule has 0 spiro atoms. The number of hydrazine groups is 2. The van der Waals surface area contributed by atoms with Crippen molar-refractivity contribution in [2.75, 3.05) is 0 Å². The number of phosphoric ester groups is 1. The lowest BCUT2D eigenvalue weighted by molar-refractivity contribution is -0.140. The summed E-state index contributed by atoms with van der Waals surface area (Å²) in [6, 6.07) is 6.45. The number of phenolic OH excluding ortho intramolecular Hbond substituents is 1. The van der Waals surface area contributed by atoms with E-state index in [1.165, 1.54) is 6.07 Å². The molecule has 0 saturated carbocycles. The van der Waals surface area contributed by atoms with Gasteiger partial charge < -0.3 is 24.2 Å². The minimum Gasteiger partial charge on any atom is -0.504 e. The minimum absolute atomic E-state index is 0.0162. The number of hydrogen-bond donors (Lipinski definition) is 8. The maximum Gasteiger partial charge on any atom is 0.524 e. The van der Waals surface area contributed by atoms with E-state index in [2.05, 4.69) is 20.8 Å². The summed E-state index contributed by atoms with van der Waals surface area (Å²) in [6.07, 6.45) is -0.0360. The van der Waals surface area contributed by atoms with Crippen molar-refractivity contribution in [1.82, 2.24) is 16.3 Å². The predicted octanol–water partition coefficient (Wildman–Crippen LogP) is 0.0621. The maximum atomic E-state index is 12.6. The van der Waals surface area contributed by atoms with Gasteiger partial charge in [0, 0.05) is 20.3 Å². The lowest BCUT2D eigenvalue weighted by Gasteiger charge is -2.20. The molecule has 15 heteroatoms. The number of carbonyl (C=O) groups is 2. The molecule has 0 fully saturated rings. The zero-order valence-electron chi connectivity index (χ0n) is 19.3. The van der Waals surface area contributed by atoms with Crippen molar-refractivity contribution in [2.24, 2.45) is 5.84 Å². The van der Waals surface area contributed by atoms with E-state index in [4.69, 9.17) is 25.1 Å². The summed E-state index contributed by atoms with van der Waals surface area (Å²) < 4.78 is 26.6. The molecule has 0 bridgehead atoms. The number of phosphoric acid groups is 1. The van der Waals surface area contributed by atoms with Crippen LogP contribution < -0.4 is 36.1 Å². The van der Waals surface area contributed by atoms with Crippen molar-refractivity contribution in [1.29, 1.82) is 0 Å². The Balaban J connectivity index is 1.60. The van der Waals surface area contributed by atoms with Gasteiger partial charge in [0.1, 0.15) is 12.1 Å². The first-order valence-corrected chi connectivity index (χ1v) is 12.1. The molecule has 0 aliphatic carbocycles. The van der Waals surface area contributed by atoms with Gasteiger partial charge in [-0.2, -0.15) is 0 Å². The van der Waals surface area contributed by atoms with Crippen molar-refractivity contribution >= 4 is 19.7 Å². The van der Waals surface area contributed by atoms with Crippen LogP contribution in [0.1, 0.15) is 25.0 Å². The molecular formula is C21H27N4O10P.